The summed E-state index contributed by atoms with van der Waals surface area (Å²) in [6.07, 6.45) is 2.62. The van der Waals surface area contributed by atoms with Crippen LogP contribution in [0.25, 0.3) is 0 Å². The van der Waals surface area contributed by atoms with Gasteiger partial charge in [-0.3, -0.25) is 0 Å². The summed E-state index contributed by atoms with van der Waals surface area (Å²) in [6.45, 7) is 0. The Morgan fingerprint density at radius 1 is 0.920 bits per heavy atom. The molecule has 0 saturated heterocycles. The molecule has 1 fully saturated rings. The van der Waals surface area contributed by atoms with Crippen molar-refractivity contribution in [2.24, 2.45) is 15.6 Å². The maximum atomic E-state index is 10.2. The third-order valence-corrected chi connectivity index (χ3v) is 3.66. The summed E-state index contributed by atoms with van der Waals surface area (Å²) < 4.78 is 0. The van der Waals surface area contributed by atoms with Gasteiger partial charge in [-0.25, -0.2) is 4.98 Å². The van der Waals surface area contributed by atoms with Crippen LogP contribution in [0.5, 0.6) is 0 Å². The number of aliphatic carboxylic acids is 2. The number of aromatic nitrogens is 1. The van der Waals surface area contributed by atoms with E-state index in [1.54, 1.807) is 6.20 Å². The topological polar surface area (TPSA) is 118 Å². The molecule has 130 valence electrons. The van der Waals surface area contributed by atoms with E-state index in [0.29, 0.717) is 12.2 Å². The molecule has 25 heavy (non-hydrogen) atoms. The molecule has 0 radical (unpaired) electrons. The van der Waals surface area contributed by atoms with Crippen molar-refractivity contribution in [2.75, 3.05) is 0 Å². The first-order chi connectivity index (χ1) is 11.5. The van der Waals surface area contributed by atoms with Crippen LogP contribution in [0.2, 0.25) is 0 Å². The van der Waals surface area contributed by atoms with Gasteiger partial charge in [0.1, 0.15) is 0 Å². The van der Waals surface area contributed by atoms with Crippen LogP contribution in [0.1, 0.15) is 19.3 Å². The zero-order valence-corrected chi connectivity index (χ0v) is 14.9. The maximum Gasteiger partial charge on any atom is 2.00 e. The largest absolute Gasteiger partial charge is 2.00 e. The van der Waals surface area contributed by atoms with Crippen molar-refractivity contribution in [1.82, 2.24) is 4.98 Å². The number of carbonyl (C=O) groups is 2. The molecule has 7 nitrogen and oxygen atoms in total. The number of pyridine rings is 1. The number of carboxylic acids is 2. The minimum Gasteiger partial charge on any atom is -0.549 e. The predicted molar refractivity (Wildman–Crippen MR) is 81.2 cm³/mol. The molecule has 1 aliphatic rings. The monoisotopic (exact) mass is 427 g/mol. The van der Waals surface area contributed by atoms with Crippen molar-refractivity contribution in [1.29, 1.82) is 0 Å². The van der Waals surface area contributed by atoms with Crippen LogP contribution in [0.15, 0.2) is 65.0 Å². The second-order valence-corrected chi connectivity index (χ2v) is 5.23. The number of carbonyl (C=O) groups excluding carboxylic acids is 2. The zero-order chi connectivity index (χ0) is 17.4. The predicted octanol–water partition coefficient (Wildman–Crippen LogP) is 1.15. The number of rotatable bonds is 4. The van der Waals surface area contributed by atoms with Gasteiger partial charge in [-0.2, -0.15) is 0 Å². The van der Waals surface area contributed by atoms with Gasteiger partial charge in [0.15, 0.2) is 5.82 Å². The average Bonchev–Trinajstić information content (AvgIpc) is 2.54. The first-order valence-electron chi connectivity index (χ1n) is 7.35. The van der Waals surface area contributed by atoms with Gasteiger partial charge >= 0.3 is 19.5 Å². The molecule has 0 bridgehead atoms. The van der Waals surface area contributed by atoms with Crippen molar-refractivity contribution < 1.29 is 39.3 Å². The molecule has 1 heterocycles. The van der Waals surface area contributed by atoms with Gasteiger partial charge < -0.3 is 19.8 Å². The summed E-state index contributed by atoms with van der Waals surface area (Å²) in [7, 11) is 0. The number of azo groups is 1. The molecule has 1 aromatic heterocycles. The van der Waals surface area contributed by atoms with Crippen LogP contribution in [-0.2, 0) is 29.1 Å². The number of nitrogens with zero attached hydrogens (tertiary/aromatic N) is 3. The Kier molecular flexibility index (Phi) is 8.02. The van der Waals surface area contributed by atoms with Crippen LogP contribution in [0.3, 0.4) is 0 Å². The third-order valence-electron chi connectivity index (χ3n) is 3.66. The van der Waals surface area contributed by atoms with E-state index in [9.17, 15) is 19.8 Å². The van der Waals surface area contributed by atoms with E-state index >= 15 is 0 Å². The van der Waals surface area contributed by atoms with Crippen LogP contribution in [-0.4, -0.2) is 16.9 Å². The van der Waals surface area contributed by atoms with Crippen molar-refractivity contribution in [3.05, 3.63) is 54.7 Å². The number of benzene rings is 1. The van der Waals surface area contributed by atoms with E-state index in [-0.39, 0.29) is 32.3 Å². The molecular weight excluding hydrogens is 411 g/mol. The van der Waals surface area contributed by atoms with Gasteiger partial charge in [0.25, 0.3) is 0 Å². The van der Waals surface area contributed by atoms with Crippen LogP contribution in [0, 0.1) is 5.41 Å². The van der Waals surface area contributed by atoms with E-state index < -0.39 is 17.4 Å². The molecule has 3 rings (SSSR count). The Morgan fingerprint density at radius 2 is 1.52 bits per heavy atom. The maximum absolute atomic E-state index is 10.2. The molecule has 0 N–H and O–H groups in total. The van der Waals surface area contributed by atoms with E-state index in [1.165, 1.54) is 0 Å². The van der Waals surface area contributed by atoms with Gasteiger partial charge in [-0.05, 0) is 37.1 Å². The van der Waals surface area contributed by atoms with E-state index in [2.05, 4.69) is 15.2 Å². The summed E-state index contributed by atoms with van der Waals surface area (Å²) in [6, 6.07) is 15.1. The SMILES string of the molecule is O=C([O-])C1(C(=O)[O-])CCC1.[Ru+2].c1ccc(N=Nc2ccccn2)cc1. The molecule has 0 aliphatic heterocycles. The van der Waals surface area contributed by atoms with Crippen LogP contribution < -0.4 is 10.2 Å². The van der Waals surface area contributed by atoms with Crippen molar-refractivity contribution in [3.8, 4) is 0 Å². The minimum atomic E-state index is -1.67. The van der Waals surface area contributed by atoms with Crippen LogP contribution in [0.4, 0.5) is 11.5 Å². The minimum absolute atomic E-state index is 0. The van der Waals surface area contributed by atoms with Crippen molar-refractivity contribution in [3.63, 3.8) is 0 Å². The molecular formula is C17H15N3O4Ru. The quantitative estimate of drug-likeness (QED) is 0.413. The Balaban J connectivity index is 0.000000254. The number of carboxylic acid groups (broad SMARTS) is 2. The molecule has 8 heteroatoms. The molecule has 1 saturated carbocycles. The summed E-state index contributed by atoms with van der Waals surface area (Å²) in [5.74, 6) is -2.41. The molecule has 0 spiro atoms. The number of hydrogen-bond donors (Lipinski definition) is 0. The van der Waals surface area contributed by atoms with E-state index in [4.69, 9.17) is 0 Å². The number of hydrogen-bond acceptors (Lipinski definition) is 7. The average molecular weight is 426 g/mol. The van der Waals surface area contributed by atoms with Crippen molar-refractivity contribution >= 4 is 23.4 Å². The second kappa shape index (κ2) is 9.74. The third kappa shape index (κ3) is 5.53. The van der Waals surface area contributed by atoms with Gasteiger partial charge in [0, 0.05) is 11.6 Å². The zero-order valence-electron chi connectivity index (χ0n) is 13.1. The molecule has 0 unspecified atom stereocenters. The molecule has 2 aromatic rings. The standard InChI is InChI=1S/C11H9N3.C6H8O4.Ru/c1-2-6-10(7-3-1)13-14-11-8-4-5-9-12-11;7-4(8)6(5(9)10)2-1-3-6;/h1-9H;1-3H2,(H,7,8)(H,9,10);/q;;+2/p-2. The smallest absolute Gasteiger partial charge is 0.549 e. The fraction of sp³-hybridized carbons (Fsp3) is 0.235. The molecule has 0 amide bonds. The van der Waals surface area contributed by atoms with E-state index in [0.717, 1.165) is 5.69 Å². The Morgan fingerprint density at radius 3 is 1.92 bits per heavy atom. The first kappa shape index (κ1) is 20.6. The summed E-state index contributed by atoms with van der Waals surface area (Å²) in [5.41, 5.74) is -0.835. The normalized spacial score (nSPS) is 14.4. The molecule has 0 atom stereocenters. The summed E-state index contributed by atoms with van der Waals surface area (Å²) in [5, 5.41) is 28.5. The Hall–Kier alpha value is -2.47. The summed E-state index contributed by atoms with van der Waals surface area (Å²) in [4.78, 5) is 24.5. The van der Waals surface area contributed by atoms with Crippen LogP contribution >= 0.6 is 0 Å². The van der Waals surface area contributed by atoms with Gasteiger partial charge in [0.05, 0.1) is 17.6 Å². The summed E-state index contributed by atoms with van der Waals surface area (Å²) >= 11 is 0. The fourth-order valence-electron chi connectivity index (χ4n) is 2.04. The molecule has 1 aliphatic carbocycles. The Labute approximate surface area is 157 Å². The molecule has 1 aromatic carbocycles. The van der Waals surface area contributed by atoms with Crippen molar-refractivity contribution in [2.45, 2.75) is 19.3 Å². The van der Waals surface area contributed by atoms with Gasteiger partial charge in [-0.15, -0.1) is 10.2 Å². The van der Waals surface area contributed by atoms with Gasteiger partial charge in [-0.1, -0.05) is 30.7 Å². The Bertz CT molecular complexity index is 662. The van der Waals surface area contributed by atoms with Gasteiger partial charge in [0.2, 0.25) is 0 Å². The second-order valence-electron chi connectivity index (χ2n) is 5.23. The first-order valence-corrected chi connectivity index (χ1v) is 7.35. The van der Waals surface area contributed by atoms with E-state index in [1.807, 2.05) is 48.5 Å². The fourth-order valence-corrected chi connectivity index (χ4v) is 2.04.